The van der Waals surface area contributed by atoms with Crippen LogP contribution in [-0.4, -0.2) is 15.8 Å². The first-order valence-corrected chi connectivity index (χ1v) is 7.13. The highest BCUT2D eigenvalue weighted by atomic mass is 32.2. The van der Waals surface area contributed by atoms with Gasteiger partial charge in [-0.3, -0.25) is 0 Å². The van der Waals surface area contributed by atoms with Crippen LogP contribution in [0.1, 0.15) is 43.3 Å². The van der Waals surface area contributed by atoms with Crippen LogP contribution in [0.4, 0.5) is 0 Å². The van der Waals surface area contributed by atoms with Gasteiger partial charge in [-0.2, -0.15) is 11.8 Å². The molecule has 0 bridgehead atoms. The zero-order valence-corrected chi connectivity index (χ0v) is 11.5. The minimum atomic E-state index is 0.0314. The second-order valence-corrected chi connectivity index (χ2v) is 6.87. The largest absolute Gasteiger partial charge is 0.391 e. The van der Waals surface area contributed by atoms with Crippen LogP contribution >= 0.6 is 23.1 Å². The van der Waals surface area contributed by atoms with Gasteiger partial charge in [-0.1, -0.05) is 27.7 Å². The lowest BCUT2D eigenvalue weighted by atomic mass is 9.91. The Morgan fingerprint density at radius 1 is 1.40 bits per heavy atom. The summed E-state index contributed by atoms with van der Waals surface area (Å²) in [6.07, 6.45) is 0. The van der Waals surface area contributed by atoms with E-state index in [2.05, 4.69) is 32.7 Å². The SMILES string of the molecule is CCSCc1nc(C(C)(C)C)c(CO)s1. The predicted molar refractivity (Wildman–Crippen MR) is 68.6 cm³/mol. The normalized spacial score (nSPS) is 12.1. The summed E-state index contributed by atoms with van der Waals surface area (Å²) in [5.41, 5.74) is 1.09. The molecule has 0 aliphatic rings. The van der Waals surface area contributed by atoms with Crippen LogP contribution in [0.3, 0.4) is 0 Å². The molecule has 1 aromatic heterocycles. The Balaban J connectivity index is 2.90. The second-order valence-electron chi connectivity index (χ2n) is 4.42. The zero-order chi connectivity index (χ0) is 11.5. The van der Waals surface area contributed by atoms with Crippen molar-refractivity contribution < 1.29 is 5.11 Å². The Morgan fingerprint density at radius 3 is 2.47 bits per heavy atom. The maximum Gasteiger partial charge on any atom is 0.103 e. The van der Waals surface area contributed by atoms with Gasteiger partial charge in [0.05, 0.1) is 17.2 Å². The standard InChI is InChI=1S/C11H19NOS2/c1-5-14-7-9-12-10(11(2,3)4)8(6-13)15-9/h13H,5-7H2,1-4H3. The smallest absolute Gasteiger partial charge is 0.103 e. The van der Waals surface area contributed by atoms with Gasteiger partial charge < -0.3 is 5.11 Å². The highest BCUT2D eigenvalue weighted by Crippen LogP contribution is 2.31. The minimum Gasteiger partial charge on any atom is -0.391 e. The maximum absolute atomic E-state index is 9.28. The van der Waals surface area contributed by atoms with E-state index in [4.69, 9.17) is 0 Å². The predicted octanol–water partition coefficient (Wildman–Crippen LogP) is 3.19. The maximum atomic E-state index is 9.28. The fourth-order valence-corrected chi connectivity index (χ4v) is 3.21. The first-order chi connectivity index (χ1) is 6.99. The molecule has 0 unspecified atom stereocenters. The molecule has 0 spiro atoms. The molecule has 0 saturated heterocycles. The monoisotopic (exact) mass is 245 g/mol. The number of rotatable bonds is 4. The van der Waals surface area contributed by atoms with Gasteiger partial charge in [0.2, 0.25) is 0 Å². The van der Waals surface area contributed by atoms with Crippen LogP contribution < -0.4 is 0 Å². The number of aliphatic hydroxyl groups is 1. The summed E-state index contributed by atoms with van der Waals surface area (Å²) in [6, 6.07) is 0. The van der Waals surface area contributed by atoms with Crippen LogP contribution in [0.2, 0.25) is 0 Å². The fourth-order valence-electron chi connectivity index (χ4n) is 1.34. The van der Waals surface area contributed by atoms with Crippen molar-refractivity contribution in [2.24, 2.45) is 0 Å². The third-order valence-electron chi connectivity index (χ3n) is 2.03. The Labute approximate surface area is 100 Å². The zero-order valence-electron chi connectivity index (χ0n) is 9.83. The first kappa shape index (κ1) is 13.0. The van der Waals surface area contributed by atoms with Crippen molar-refractivity contribution in [2.75, 3.05) is 5.75 Å². The van der Waals surface area contributed by atoms with E-state index in [1.165, 1.54) is 0 Å². The van der Waals surface area contributed by atoms with Crippen LogP contribution in [0.15, 0.2) is 0 Å². The van der Waals surface area contributed by atoms with E-state index in [9.17, 15) is 5.11 Å². The molecule has 0 aromatic carbocycles. The summed E-state index contributed by atoms with van der Waals surface area (Å²) in [6.45, 7) is 8.67. The van der Waals surface area contributed by atoms with Crippen molar-refractivity contribution >= 4 is 23.1 Å². The van der Waals surface area contributed by atoms with Crippen LogP contribution in [0, 0.1) is 0 Å². The van der Waals surface area contributed by atoms with Crippen LogP contribution in [0.25, 0.3) is 0 Å². The fraction of sp³-hybridized carbons (Fsp3) is 0.727. The van der Waals surface area contributed by atoms with Crippen LogP contribution in [0.5, 0.6) is 0 Å². The Morgan fingerprint density at radius 2 is 2.07 bits per heavy atom. The summed E-state index contributed by atoms with van der Waals surface area (Å²) >= 11 is 3.52. The first-order valence-electron chi connectivity index (χ1n) is 5.16. The highest BCUT2D eigenvalue weighted by Gasteiger charge is 2.22. The molecule has 1 heterocycles. The molecule has 2 nitrogen and oxygen atoms in total. The molecule has 4 heteroatoms. The van der Waals surface area contributed by atoms with Crippen molar-refractivity contribution in [2.45, 2.75) is 45.5 Å². The van der Waals surface area contributed by atoms with Crippen molar-refractivity contribution in [1.29, 1.82) is 0 Å². The van der Waals surface area contributed by atoms with E-state index in [-0.39, 0.29) is 12.0 Å². The van der Waals surface area contributed by atoms with Gasteiger partial charge in [-0.15, -0.1) is 11.3 Å². The van der Waals surface area contributed by atoms with E-state index < -0.39 is 0 Å². The number of aromatic nitrogens is 1. The molecule has 1 N–H and O–H groups in total. The van der Waals surface area contributed by atoms with Crippen molar-refractivity contribution in [3.63, 3.8) is 0 Å². The van der Waals surface area contributed by atoms with Gasteiger partial charge in [0, 0.05) is 11.2 Å². The van der Waals surface area contributed by atoms with Crippen LogP contribution in [-0.2, 0) is 17.8 Å². The van der Waals surface area contributed by atoms with E-state index in [0.717, 1.165) is 27.1 Å². The molecular formula is C11H19NOS2. The van der Waals surface area contributed by atoms with Crippen molar-refractivity contribution in [1.82, 2.24) is 4.98 Å². The molecule has 0 atom stereocenters. The minimum absolute atomic E-state index is 0.0314. The molecular weight excluding hydrogens is 226 g/mol. The van der Waals surface area contributed by atoms with E-state index in [0.29, 0.717) is 0 Å². The summed E-state index contributed by atoms with van der Waals surface area (Å²) in [4.78, 5) is 5.65. The molecule has 86 valence electrons. The van der Waals surface area contributed by atoms with E-state index in [1.54, 1.807) is 11.3 Å². The lowest BCUT2D eigenvalue weighted by Crippen LogP contribution is -2.14. The van der Waals surface area contributed by atoms with E-state index >= 15 is 0 Å². The van der Waals surface area contributed by atoms with Gasteiger partial charge in [0.15, 0.2) is 0 Å². The van der Waals surface area contributed by atoms with Gasteiger partial charge in [0.1, 0.15) is 5.01 Å². The summed E-state index contributed by atoms with van der Waals surface area (Å²) in [5.74, 6) is 2.07. The Hall–Kier alpha value is -0.0600. The number of thiazole rings is 1. The average molecular weight is 245 g/mol. The van der Waals surface area contributed by atoms with Crippen molar-refractivity contribution in [3.8, 4) is 0 Å². The number of hydrogen-bond acceptors (Lipinski definition) is 4. The summed E-state index contributed by atoms with van der Waals surface area (Å²) in [7, 11) is 0. The van der Waals surface area contributed by atoms with Crippen molar-refractivity contribution in [3.05, 3.63) is 15.6 Å². The topological polar surface area (TPSA) is 33.1 Å². The van der Waals surface area contributed by atoms with Gasteiger partial charge in [0.25, 0.3) is 0 Å². The van der Waals surface area contributed by atoms with E-state index in [1.807, 2.05) is 11.8 Å². The lowest BCUT2D eigenvalue weighted by Gasteiger charge is -2.16. The van der Waals surface area contributed by atoms with Gasteiger partial charge in [-0.05, 0) is 5.75 Å². The van der Waals surface area contributed by atoms with Gasteiger partial charge in [-0.25, -0.2) is 4.98 Å². The lowest BCUT2D eigenvalue weighted by molar-refractivity contribution is 0.282. The molecule has 1 rings (SSSR count). The molecule has 0 saturated carbocycles. The molecule has 1 aromatic rings. The van der Waals surface area contributed by atoms with Gasteiger partial charge >= 0.3 is 0 Å². The molecule has 0 amide bonds. The summed E-state index contributed by atoms with van der Waals surface area (Å²) in [5, 5.41) is 10.4. The Kier molecular flexibility index (Phi) is 4.62. The molecule has 0 fully saturated rings. The second kappa shape index (κ2) is 5.32. The third-order valence-corrected chi connectivity index (χ3v) is 4.13. The molecule has 0 radical (unpaired) electrons. The number of thioether (sulfide) groups is 1. The number of nitrogens with zero attached hydrogens (tertiary/aromatic N) is 1. The number of hydrogen-bond donors (Lipinski definition) is 1. The third kappa shape index (κ3) is 3.47. The summed E-state index contributed by atoms with van der Waals surface area (Å²) < 4.78 is 0. The average Bonchev–Trinajstić information content (AvgIpc) is 2.57. The highest BCUT2D eigenvalue weighted by molar-refractivity contribution is 7.98. The Bertz CT molecular complexity index is 315. The number of aliphatic hydroxyl groups excluding tert-OH is 1. The quantitative estimate of drug-likeness (QED) is 0.884. The molecule has 0 aliphatic heterocycles. The molecule has 0 aliphatic carbocycles. The molecule has 15 heavy (non-hydrogen) atoms.